The Balaban J connectivity index is 1.64. The van der Waals surface area contributed by atoms with Gasteiger partial charge in [-0.2, -0.15) is 13.2 Å². The molecule has 2 heterocycles. The number of benzene rings is 1. The number of carbonyl (C=O) groups excluding carboxylic acids is 2. The molecule has 0 spiro atoms. The molecule has 2 saturated heterocycles. The molecule has 148 valence electrons. The number of anilines is 1. The van der Waals surface area contributed by atoms with Crippen molar-refractivity contribution in [3.8, 4) is 5.75 Å². The number of hydrogen-bond acceptors (Lipinski definition) is 4. The first kappa shape index (κ1) is 19.3. The maximum Gasteiger partial charge on any atom is 0.471 e. The summed E-state index contributed by atoms with van der Waals surface area (Å²) in [6.07, 6.45) is -4.28. The Morgan fingerprint density at radius 1 is 1.07 bits per heavy atom. The molecular formula is C18H22F3N3O3. The second kappa shape index (κ2) is 7.66. The van der Waals surface area contributed by atoms with Crippen molar-refractivity contribution in [3.63, 3.8) is 0 Å². The third-order valence-electron chi connectivity index (χ3n) is 5.06. The van der Waals surface area contributed by atoms with Crippen molar-refractivity contribution < 1.29 is 27.5 Å². The average Bonchev–Trinajstić information content (AvgIpc) is 3.15. The summed E-state index contributed by atoms with van der Waals surface area (Å²) in [6.45, 7) is 1.84. The number of piperazine rings is 1. The van der Waals surface area contributed by atoms with Gasteiger partial charge in [-0.3, -0.25) is 9.59 Å². The van der Waals surface area contributed by atoms with Crippen LogP contribution in [-0.4, -0.2) is 73.7 Å². The van der Waals surface area contributed by atoms with Crippen molar-refractivity contribution >= 4 is 17.5 Å². The van der Waals surface area contributed by atoms with Crippen LogP contribution in [0, 0.1) is 0 Å². The van der Waals surface area contributed by atoms with Crippen molar-refractivity contribution in [1.29, 1.82) is 0 Å². The van der Waals surface area contributed by atoms with E-state index in [2.05, 4.69) is 4.90 Å². The number of para-hydroxylation sites is 2. The zero-order chi connectivity index (χ0) is 19.6. The summed E-state index contributed by atoms with van der Waals surface area (Å²) >= 11 is 0. The summed E-state index contributed by atoms with van der Waals surface area (Å²) in [5.74, 6) is -1.59. The summed E-state index contributed by atoms with van der Waals surface area (Å²) in [6, 6.07) is 6.53. The molecule has 27 heavy (non-hydrogen) atoms. The molecule has 0 aromatic heterocycles. The number of ether oxygens (including phenoxy) is 1. The summed E-state index contributed by atoms with van der Waals surface area (Å²) < 4.78 is 43.6. The lowest BCUT2D eigenvalue weighted by molar-refractivity contribution is -0.187. The van der Waals surface area contributed by atoms with Crippen LogP contribution in [0.1, 0.15) is 12.8 Å². The second-order valence-corrected chi connectivity index (χ2v) is 6.64. The molecule has 0 saturated carbocycles. The van der Waals surface area contributed by atoms with E-state index in [-0.39, 0.29) is 13.0 Å². The van der Waals surface area contributed by atoms with Crippen LogP contribution in [0.3, 0.4) is 0 Å². The lowest BCUT2D eigenvalue weighted by Gasteiger charge is -2.38. The smallest absolute Gasteiger partial charge is 0.471 e. The molecule has 9 heteroatoms. The molecule has 2 fully saturated rings. The van der Waals surface area contributed by atoms with Crippen molar-refractivity contribution in [2.45, 2.75) is 25.1 Å². The standard InChI is InChI=1S/C18H22F3N3O3/c1-27-15-7-3-2-5-13(15)22-9-11-23(12-10-22)16(25)14-6-4-8-24(14)17(26)18(19,20)21/h2-3,5,7,14H,4,6,8-12H2,1H3. The molecule has 1 unspecified atom stereocenters. The fraction of sp³-hybridized carbons (Fsp3) is 0.556. The quantitative estimate of drug-likeness (QED) is 0.798. The molecular weight excluding hydrogens is 363 g/mol. The van der Waals surface area contributed by atoms with Gasteiger partial charge in [-0.05, 0) is 25.0 Å². The zero-order valence-electron chi connectivity index (χ0n) is 15.0. The van der Waals surface area contributed by atoms with Crippen LogP contribution in [-0.2, 0) is 9.59 Å². The van der Waals surface area contributed by atoms with E-state index in [9.17, 15) is 22.8 Å². The molecule has 0 N–H and O–H groups in total. The Morgan fingerprint density at radius 3 is 2.37 bits per heavy atom. The highest BCUT2D eigenvalue weighted by atomic mass is 19.4. The number of hydrogen-bond donors (Lipinski definition) is 0. The number of halogens is 3. The summed E-state index contributed by atoms with van der Waals surface area (Å²) in [4.78, 5) is 28.6. The van der Waals surface area contributed by atoms with E-state index in [0.29, 0.717) is 37.5 Å². The Morgan fingerprint density at radius 2 is 1.74 bits per heavy atom. The number of carbonyl (C=O) groups is 2. The predicted molar refractivity (Wildman–Crippen MR) is 92.6 cm³/mol. The van der Waals surface area contributed by atoms with E-state index in [1.165, 1.54) is 0 Å². The van der Waals surface area contributed by atoms with E-state index < -0.39 is 24.0 Å². The van der Waals surface area contributed by atoms with Gasteiger partial charge in [0.05, 0.1) is 12.8 Å². The molecule has 6 nitrogen and oxygen atoms in total. The molecule has 0 radical (unpaired) electrons. The van der Waals surface area contributed by atoms with Gasteiger partial charge in [-0.25, -0.2) is 0 Å². The van der Waals surface area contributed by atoms with Gasteiger partial charge in [0.15, 0.2) is 0 Å². The van der Waals surface area contributed by atoms with Crippen molar-refractivity contribution in [2.24, 2.45) is 0 Å². The van der Waals surface area contributed by atoms with Gasteiger partial charge in [0.1, 0.15) is 11.8 Å². The zero-order valence-corrected chi connectivity index (χ0v) is 15.0. The van der Waals surface area contributed by atoms with E-state index in [1.807, 2.05) is 24.3 Å². The monoisotopic (exact) mass is 385 g/mol. The lowest BCUT2D eigenvalue weighted by atomic mass is 10.1. The van der Waals surface area contributed by atoms with Gasteiger partial charge >= 0.3 is 12.1 Å². The summed E-state index contributed by atoms with van der Waals surface area (Å²) in [5.41, 5.74) is 0.918. The highest BCUT2D eigenvalue weighted by Gasteiger charge is 2.48. The number of likely N-dealkylation sites (tertiary alicyclic amines) is 1. The van der Waals surface area contributed by atoms with Crippen LogP contribution in [0.15, 0.2) is 24.3 Å². The first-order chi connectivity index (χ1) is 12.8. The number of rotatable bonds is 3. The average molecular weight is 385 g/mol. The van der Waals surface area contributed by atoms with Crippen LogP contribution in [0.2, 0.25) is 0 Å². The normalized spacial score (nSPS) is 20.7. The van der Waals surface area contributed by atoms with Crippen LogP contribution < -0.4 is 9.64 Å². The number of methoxy groups -OCH3 is 1. The van der Waals surface area contributed by atoms with E-state index >= 15 is 0 Å². The fourth-order valence-corrected chi connectivity index (χ4v) is 3.70. The van der Waals surface area contributed by atoms with Crippen LogP contribution in [0.25, 0.3) is 0 Å². The summed E-state index contributed by atoms with van der Waals surface area (Å²) in [7, 11) is 1.59. The molecule has 2 amide bonds. The Kier molecular flexibility index (Phi) is 5.48. The van der Waals surface area contributed by atoms with Crippen LogP contribution in [0.5, 0.6) is 5.75 Å². The lowest BCUT2D eigenvalue weighted by Crippen LogP contribution is -2.55. The molecule has 0 bridgehead atoms. The first-order valence-corrected chi connectivity index (χ1v) is 8.87. The molecule has 1 aromatic rings. The highest BCUT2D eigenvalue weighted by Crippen LogP contribution is 2.30. The number of nitrogens with zero attached hydrogens (tertiary/aromatic N) is 3. The minimum absolute atomic E-state index is 0.0318. The van der Waals surface area contributed by atoms with Gasteiger partial charge in [0.25, 0.3) is 0 Å². The van der Waals surface area contributed by atoms with Crippen molar-refractivity contribution in [3.05, 3.63) is 24.3 Å². The van der Waals surface area contributed by atoms with Gasteiger partial charge < -0.3 is 19.4 Å². The predicted octanol–water partition coefficient (Wildman–Crippen LogP) is 1.90. The molecule has 2 aliphatic heterocycles. The van der Waals surface area contributed by atoms with Gasteiger partial charge in [-0.15, -0.1) is 0 Å². The van der Waals surface area contributed by atoms with Crippen LogP contribution in [0.4, 0.5) is 18.9 Å². The minimum atomic E-state index is -4.95. The van der Waals surface area contributed by atoms with Gasteiger partial charge in [0, 0.05) is 32.7 Å². The van der Waals surface area contributed by atoms with Gasteiger partial charge in [-0.1, -0.05) is 12.1 Å². The maximum atomic E-state index is 12.8. The Hall–Kier alpha value is -2.45. The largest absolute Gasteiger partial charge is 0.495 e. The molecule has 3 rings (SSSR count). The third-order valence-corrected chi connectivity index (χ3v) is 5.06. The Labute approximate surface area is 155 Å². The minimum Gasteiger partial charge on any atom is -0.495 e. The maximum absolute atomic E-state index is 12.8. The van der Waals surface area contributed by atoms with E-state index in [1.54, 1.807) is 12.0 Å². The molecule has 1 aromatic carbocycles. The number of amides is 2. The molecule has 0 aliphatic carbocycles. The highest BCUT2D eigenvalue weighted by molar-refractivity contribution is 5.90. The molecule has 2 aliphatic rings. The van der Waals surface area contributed by atoms with Crippen molar-refractivity contribution in [2.75, 3.05) is 44.7 Å². The second-order valence-electron chi connectivity index (χ2n) is 6.64. The SMILES string of the molecule is COc1ccccc1N1CCN(C(=O)C2CCCN2C(=O)C(F)(F)F)CC1. The molecule has 1 atom stereocenters. The van der Waals surface area contributed by atoms with E-state index in [4.69, 9.17) is 4.74 Å². The van der Waals surface area contributed by atoms with Gasteiger partial charge in [0.2, 0.25) is 5.91 Å². The summed E-state index contributed by atoms with van der Waals surface area (Å²) in [5, 5.41) is 0. The van der Waals surface area contributed by atoms with E-state index in [0.717, 1.165) is 11.4 Å². The Bertz CT molecular complexity index is 703. The third kappa shape index (κ3) is 3.96. The number of alkyl halides is 3. The van der Waals surface area contributed by atoms with Crippen LogP contribution >= 0.6 is 0 Å². The topological polar surface area (TPSA) is 53.1 Å². The van der Waals surface area contributed by atoms with Crippen molar-refractivity contribution in [1.82, 2.24) is 9.80 Å². The fourth-order valence-electron chi connectivity index (χ4n) is 3.70. The first-order valence-electron chi connectivity index (χ1n) is 8.87.